The molecule has 0 bridgehead atoms. The standard InChI is InChI=1S/C25H17Cl2N3O.C2H9N3O/c26-18-8-6-16(7-9-18)14-30-25(21(13-28-30)17-4-2-1-3-5-17)24-20-11-10-19(27)12-22(20)29-23(24)15-31;1-3-5(6)4-2/h1-13,15,29H,14H2;3-4,6H,1-2H3. The van der Waals surface area contributed by atoms with Gasteiger partial charge in [-0.05, 0) is 35.4 Å². The van der Waals surface area contributed by atoms with Gasteiger partial charge in [0.05, 0.1) is 24.1 Å². The number of carbonyl (C=O) groups excluding carboxylic acids is 1. The summed E-state index contributed by atoms with van der Waals surface area (Å²) in [6.07, 6.45) is 2.70. The number of aldehydes is 1. The summed E-state index contributed by atoms with van der Waals surface area (Å²) in [4.78, 5) is 15.2. The third-order valence-corrected chi connectivity index (χ3v) is 6.22. The van der Waals surface area contributed by atoms with Gasteiger partial charge >= 0.3 is 0 Å². The molecule has 0 amide bonds. The summed E-state index contributed by atoms with van der Waals surface area (Å²) in [5, 5.41) is 15.9. The van der Waals surface area contributed by atoms with Crippen molar-refractivity contribution in [2.45, 2.75) is 6.54 Å². The maximum atomic E-state index is 12.0. The fourth-order valence-corrected chi connectivity index (χ4v) is 4.30. The third-order valence-electron chi connectivity index (χ3n) is 5.74. The Kier molecular flexibility index (Phi) is 8.73. The monoisotopic (exact) mass is 536 g/mol. The zero-order valence-corrected chi connectivity index (χ0v) is 21.8. The van der Waals surface area contributed by atoms with Gasteiger partial charge in [0.1, 0.15) is 0 Å². The van der Waals surface area contributed by atoms with E-state index in [2.05, 4.69) is 15.8 Å². The number of aromatic amines is 1. The van der Waals surface area contributed by atoms with Crippen molar-refractivity contribution in [3.63, 3.8) is 0 Å². The van der Waals surface area contributed by atoms with Crippen molar-refractivity contribution in [1.82, 2.24) is 30.9 Å². The van der Waals surface area contributed by atoms with E-state index in [9.17, 15) is 4.79 Å². The molecule has 0 spiro atoms. The lowest BCUT2D eigenvalue weighted by atomic mass is 9.99. The zero-order valence-electron chi connectivity index (χ0n) is 20.2. The van der Waals surface area contributed by atoms with Gasteiger partial charge in [0, 0.05) is 46.2 Å². The van der Waals surface area contributed by atoms with Crippen LogP contribution in [0.4, 0.5) is 0 Å². The molecule has 5 aromatic rings. The first kappa shape index (κ1) is 26.6. The highest BCUT2D eigenvalue weighted by Gasteiger charge is 2.22. The number of benzene rings is 3. The lowest BCUT2D eigenvalue weighted by molar-refractivity contribution is -0.168. The van der Waals surface area contributed by atoms with Gasteiger partial charge in [-0.15, -0.1) is 0 Å². The SMILES string of the molecule is CNN(O)NC.O=Cc1[nH]c2cc(Cl)ccc2c1-c1c(-c2ccccc2)cnn1Cc1ccc(Cl)cc1. The number of rotatable bonds is 7. The predicted molar refractivity (Wildman–Crippen MR) is 148 cm³/mol. The fourth-order valence-electron chi connectivity index (χ4n) is 4.01. The first-order chi connectivity index (χ1) is 17.9. The number of hydrogen-bond donors (Lipinski definition) is 4. The molecule has 0 atom stereocenters. The largest absolute Gasteiger partial charge is 0.352 e. The smallest absolute Gasteiger partial charge is 0.166 e. The van der Waals surface area contributed by atoms with E-state index in [4.69, 9.17) is 33.5 Å². The van der Waals surface area contributed by atoms with Gasteiger partial charge < -0.3 is 4.98 Å². The molecule has 0 saturated heterocycles. The molecule has 0 radical (unpaired) electrons. The summed E-state index contributed by atoms with van der Waals surface area (Å²) in [5.74, 6) is 0. The Bertz CT molecular complexity index is 1480. The van der Waals surface area contributed by atoms with E-state index < -0.39 is 0 Å². The predicted octanol–water partition coefficient (Wildman–Crippen LogP) is 5.81. The number of hydrogen-bond acceptors (Lipinski definition) is 6. The highest BCUT2D eigenvalue weighted by molar-refractivity contribution is 6.31. The van der Waals surface area contributed by atoms with Crippen LogP contribution in [0.2, 0.25) is 10.0 Å². The molecule has 0 aliphatic carbocycles. The van der Waals surface area contributed by atoms with E-state index in [1.807, 2.05) is 83.7 Å². The molecule has 190 valence electrons. The molecule has 0 saturated carbocycles. The van der Waals surface area contributed by atoms with E-state index >= 15 is 0 Å². The van der Waals surface area contributed by atoms with Gasteiger partial charge in [0.25, 0.3) is 0 Å². The molecule has 37 heavy (non-hydrogen) atoms. The molecule has 0 aliphatic rings. The van der Waals surface area contributed by atoms with Gasteiger partial charge in [0.15, 0.2) is 6.29 Å². The molecule has 2 heterocycles. The van der Waals surface area contributed by atoms with Crippen LogP contribution in [0.15, 0.2) is 79.0 Å². The van der Waals surface area contributed by atoms with E-state index in [0.29, 0.717) is 22.3 Å². The number of aromatic nitrogens is 3. The number of carbonyl (C=O) groups is 1. The first-order valence-corrected chi connectivity index (χ1v) is 12.2. The van der Waals surface area contributed by atoms with Gasteiger partial charge in [-0.2, -0.15) is 5.10 Å². The van der Waals surface area contributed by atoms with Crippen molar-refractivity contribution in [3.8, 4) is 22.4 Å². The summed E-state index contributed by atoms with van der Waals surface area (Å²) in [5.41, 5.74) is 10.8. The Morgan fingerprint density at radius 2 is 1.68 bits per heavy atom. The average molecular weight is 537 g/mol. The number of nitrogens with zero attached hydrogens (tertiary/aromatic N) is 3. The van der Waals surface area contributed by atoms with Crippen molar-refractivity contribution >= 4 is 40.4 Å². The normalized spacial score (nSPS) is 11.0. The van der Waals surface area contributed by atoms with E-state index in [1.165, 1.54) is 0 Å². The lowest BCUT2D eigenvalue weighted by Gasteiger charge is -2.11. The molecule has 3 aromatic carbocycles. The van der Waals surface area contributed by atoms with E-state index in [1.54, 1.807) is 14.1 Å². The fraction of sp³-hybridized carbons (Fsp3) is 0.111. The Morgan fingerprint density at radius 3 is 2.30 bits per heavy atom. The molecule has 0 unspecified atom stereocenters. The van der Waals surface area contributed by atoms with Crippen LogP contribution in [0.5, 0.6) is 0 Å². The molecular weight excluding hydrogens is 511 g/mol. The Labute approximate surface area is 224 Å². The van der Waals surface area contributed by atoms with E-state index in [0.717, 1.165) is 50.4 Å². The zero-order chi connectivity index (χ0) is 26.4. The van der Waals surface area contributed by atoms with Crippen LogP contribution < -0.4 is 10.9 Å². The van der Waals surface area contributed by atoms with Crippen LogP contribution in [-0.2, 0) is 6.54 Å². The van der Waals surface area contributed by atoms with Crippen molar-refractivity contribution < 1.29 is 10.0 Å². The number of H-pyrrole nitrogens is 1. The van der Waals surface area contributed by atoms with Gasteiger partial charge in [-0.3, -0.25) is 14.7 Å². The average Bonchev–Trinajstić information content (AvgIpc) is 3.50. The number of hydrazine groups is 2. The molecule has 8 nitrogen and oxygen atoms in total. The van der Waals surface area contributed by atoms with Gasteiger partial charge in [-0.1, -0.05) is 77.0 Å². The van der Waals surface area contributed by atoms with Crippen molar-refractivity contribution in [1.29, 1.82) is 0 Å². The number of nitrogens with one attached hydrogen (secondary N) is 3. The highest BCUT2D eigenvalue weighted by Crippen LogP contribution is 2.39. The molecule has 10 heteroatoms. The van der Waals surface area contributed by atoms with Crippen LogP contribution in [-0.4, -0.2) is 45.6 Å². The van der Waals surface area contributed by atoms with Crippen molar-refractivity contribution in [2.75, 3.05) is 14.1 Å². The van der Waals surface area contributed by atoms with Crippen LogP contribution in [0.25, 0.3) is 33.3 Å². The maximum Gasteiger partial charge on any atom is 0.166 e. The highest BCUT2D eigenvalue weighted by atomic mass is 35.5. The second kappa shape index (κ2) is 12.2. The Balaban J connectivity index is 0.000000480. The third kappa shape index (κ3) is 6.08. The molecular formula is C27H26Cl2N6O2. The maximum absolute atomic E-state index is 12.0. The first-order valence-electron chi connectivity index (χ1n) is 11.4. The number of halogens is 2. The summed E-state index contributed by atoms with van der Waals surface area (Å²) >= 11 is 12.2. The summed E-state index contributed by atoms with van der Waals surface area (Å²) in [6, 6.07) is 23.3. The molecule has 0 fully saturated rings. The summed E-state index contributed by atoms with van der Waals surface area (Å²) < 4.78 is 1.93. The minimum atomic E-state index is 0.493. The Hall–Kier alpha value is -3.50. The van der Waals surface area contributed by atoms with Crippen LogP contribution in [0, 0.1) is 0 Å². The lowest BCUT2D eigenvalue weighted by Crippen LogP contribution is -2.40. The molecule has 0 aliphatic heterocycles. The molecule has 5 rings (SSSR count). The van der Waals surface area contributed by atoms with Crippen LogP contribution in [0.1, 0.15) is 16.1 Å². The van der Waals surface area contributed by atoms with Gasteiger partial charge in [-0.25, -0.2) is 10.9 Å². The minimum absolute atomic E-state index is 0.493. The quantitative estimate of drug-likeness (QED) is 0.155. The van der Waals surface area contributed by atoms with E-state index in [-0.39, 0.29) is 0 Å². The minimum Gasteiger partial charge on any atom is -0.352 e. The second-order valence-electron chi connectivity index (χ2n) is 8.04. The topological polar surface area (TPSA) is 98.2 Å². The summed E-state index contributed by atoms with van der Waals surface area (Å²) in [6.45, 7) is 0.540. The number of fused-ring (bicyclic) bond motifs is 1. The van der Waals surface area contributed by atoms with Gasteiger partial charge in [0.2, 0.25) is 0 Å². The van der Waals surface area contributed by atoms with Crippen molar-refractivity contribution in [3.05, 3.63) is 100 Å². The second-order valence-corrected chi connectivity index (χ2v) is 8.91. The van der Waals surface area contributed by atoms with Crippen LogP contribution in [0.3, 0.4) is 0 Å². The van der Waals surface area contributed by atoms with Crippen molar-refractivity contribution in [2.24, 2.45) is 0 Å². The molecule has 4 N–H and O–H groups in total. The van der Waals surface area contributed by atoms with Crippen LogP contribution >= 0.6 is 23.2 Å². The molecule has 2 aromatic heterocycles. The Morgan fingerprint density at radius 1 is 1.00 bits per heavy atom. The summed E-state index contributed by atoms with van der Waals surface area (Å²) in [7, 11) is 3.19.